The molecule has 3 aromatic carbocycles. The average molecular weight is 587 g/mol. The van der Waals surface area contributed by atoms with E-state index in [0.717, 1.165) is 16.9 Å². The molecule has 6 rings (SSSR count). The number of carbonyl (C=O) groups is 2. The predicted octanol–water partition coefficient (Wildman–Crippen LogP) is 6.72. The Morgan fingerprint density at radius 3 is 2.56 bits per heavy atom. The van der Waals surface area contributed by atoms with Crippen molar-refractivity contribution in [1.29, 1.82) is 0 Å². The molecule has 0 saturated carbocycles. The molecule has 0 fully saturated rings. The highest BCUT2D eigenvalue weighted by atomic mass is 35.5. The Labute approximate surface area is 243 Å². The number of aryl methyl sites for hydroxylation is 1. The summed E-state index contributed by atoms with van der Waals surface area (Å²) in [5.74, 6) is -0.512. The summed E-state index contributed by atoms with van der Waals surface area (Å²) in [6.45, 7) is 3.98. The van der Waals surface area contributed by atoms with E-state index in [1.165, 1.54) is 11.0 Å². The van der Waals surface area contributed by atoms with Crippen LogP contribution in [0, 0.1) is 6.92 Å². The van der Waals surface area contributed by atoms with Gasteiger partial charge in [0.25, 0.3) is 5.91 Å². The smallest absolute Gasteiger partial charge is 0.350 e. The van der Waals surface area contributed by atoms with Crippen LogP contribution in [0.25, 0.3) is 11.0 Å². The van der Waals surface area contributed by atoms with Gasteiger partial charge in [-0.2, -0.15) is 0 Å². The second-order valence-corrected chi connectivity index (χ2v) is 10.8. The zero-order valence-corrected chi connectivity index (χ0v) is 23.6. The molecule has 8 nitrogen and oxygen atoms in total. The molecule has 0 bridgehead atoms. The van der Waals surface area contributed by atoms with E-state index >= 15 is 0 Å². The molecule has 41 heavy (non-hydrogen) atoms. The number of thiazole rings is 1. The number of halogens is 1. The van der Waals surface area contributed by atoms with Crippen LogP contribution in [0.2, 0.25) is 5.02 Å². The lowest BCUT2D eigenvalue weighted by atomic mass is 9.98. The van der Waals surface area contributed by atoms with Gasteiger partial charge in [-0.25, -0.2) is 9.78 Å². The summed E-state index contributed by atoms with van der Waals surface area (Å²) in [5.41, 5.74) is 2.15. The number of hydrogen-bond acceptors (Lipinski definition) is 8. The molecule has 1 aliphatic rings. The van der Waals surface area contributed by atoms with Crippen LogP contribution in [0.1, 0.15) is 55.6 Å². The summed E-state index contributed by atoms with van der Waals surface area (Å²) in [7, 11) is 0. The first-order valence-corrected chi connectivity index (χ1v) is 14.1. The molecule has 0 aliphatic carbocycles. The first kappa shape index (κ1) is 26.7. The number of rotatable bonds is 7. The van der Waals surface area contributed by atoms with Gasteiger partial charge >= 0.3 is 5.97 Å². The van der Waals surface area contributed by atoms with Crippen LogP contribution in [0.15, 0.2) is 82.0 Å². The highest BCUT2D eigenvalue weighted by Crippen LogP contribution is 2.43. The normalized spacial score (nSPS) is 14.4. The number of fused-ring (bicyclic) bond motifs is 2. The van der Waals surface area contributed by atoms with Crippen LogP contribution in [-0.2, 0) is 11.3 Å². The van der Waals surface area contributed by atoms with Crippen molar-refractivity contribution in [3.63, 3.8) is 0 Å². The van der Waals surface area contributed by atoms with E-state index in [9.17, 15) is 14.4 Å². The topological polar surface area (TPSA) is 98.9 Å². The van der Waals surface area contributed by atoms with Gasteiger partial charge in [-0.1, -0.05) is 65.4 Å². The van der Waals surface area contributed by atoms with Crippen molar-refractivity contribution in [3.8, 4) is 5.75 Å². The van der Waals surface area contributed by atoms with Gasteiger partial charge in [0.2, 0.25) is 5.76 Å². The molecule has 5 aromatic rings. The van der Waals surface area contributed by atoms with Crippen molar-refractivity contribution >= 4 is 50.9 Å². The van der Waals surface area contributed by atoms with Crippen molar-refractivity contribution < 1.29 is 23.5 Å². The summed E-state index contributed by atoms with van der Waals surface area (Å²) >= 11 is 7.22. The summed E-state index contributed by atoms with van der Waals surface area (Å²) in [4.78, 5) is 46.5. The SMILES string of the molecule is CCOC(=O)c1sc(N2C(=O)c3oc4ccc(Cl)cc4c(=O)c3C2c2ccc(OCc3ccccc3)cc2)nc1C. The average Bonchev–Trinajstić information content (AvgIpc) is 3.50. The third-order valence-corrected chi connectivity index (χ3v) is 8.10. The molecule has 0 spiro atoms. The molecule has 1 unspecified atom stereocenters. The minimum absolute atomic E-state index is 0.0789. The number of amides is 1. The van der Waals surface area contributed by atoms with Crippen molar-refractivity contribution in [3.05, 3.63) is 121 Å². The van der Waals surface area contributed by atoms with E-state index in [-0.39, 0.29) is 44.3 Å². The summed E-state index contributed by atoms with van der Waals surface area (Å²) < 4.78 is 17.1. The van der Waals surface area contributed by atoms with Crippen LogP contribution in [0.4, 0.5) is 5.13 Å². The monoisotopic (exact) mass is 586 g/mol. The van der Waals surface area contributed by atoms with E-state index in [4.69, 9.17) is 25.5 Å². The highest BCUT2D eigenvalue weighted by Gasteiger charge is 2.45. The molecule has 1 amide bonds. The first-order valence-electron chi connectivity index (χ1n) is 12.9. The van der Waals surface area contributed by atoms with Gasteiger partial charge in [0.1, 0.15) is 22.8 Å². The minimum Gasteiger partial charge on any atom is -0.489 e. The minimum atomic E-state index is -0.860. The lowest BCUT2D eigenvalue weighted by Crippen LogP contribution is -2.29. The van der Waals surface area contributed by atoms with E-state index in [0.29, 0.717) is 28.6 Å². The number of hydrogen-bond donors (Lipinski definition) is 0. The zero-order chi connectivity index (χ0) is 28.7. The molecule has 206 valence electrons. The maximum Gasteiger partial charge on any atom is 0.350 e. The molecule has 3 heterocycles. The Hall–Kier alpha value is -4.47. The van der Waals surface area contributed by atoms with E-state index < -0.39 is 17.9 Å². The lowest BCUT2D eigenvalue weighted by molar-refractivity contribution is 0.0531. The van der Waals surface area contributed by atoms with Crippen molar-refractivity contribution in [2.75, 3.05) is 11.5 Å². The summed E-state index contributed by atoms with van der Waals surface area (Å²) in [6, 6.07) is 20.8. The van der Waals surface area contributed by atoms with Crippen molar-refractivity contribution in [2.45, 2.75) is 26.5 Å². The number of nitrogens with zero attached hydrogens (tertiary/aromatic N) is 2. The highest BCUT2D eigenvalue weighted by molar-refractivity contribution is 7.17. The predicted molar refractivity (Wildman–Crippen MR) is 156 cm³/mol. The zero-order valence-electron chi connectivity index (χ0n) is 22.0. The Morgan fingerprint density at radius 2 is 1.83 bits per heavy atom. The van der Waals surface area contributed by atoms with E-state index in [1.807, 2.05) is 30.3 Å². The fraction of sp³-hybridized carbons (Fsp3) is 0.161. The van der Waals surface area contributed by atoms with Gasteiger partial charge < -0.3 is 13.9 Å². The molecule has 0 N–H and O–H groups in total. The van der Waals surface area contributed by atoms with Crippen LogP contribution >= 0.6 is 22.9 Å². The molecular weight excluding hydrogens is 564 g/mol. The summed E-state index contributed by atoms with van der Waals surface area (Å²) in [5, 5.41) is 0.885. The first-order chi connectivity index (χ1) is 19.9. The number of aromatic nitrogens is 1. The van der Waals surface area contributed by atoms with E-state index in [2.05, 4.69) is 4.98 Å². The quantitative estimate of drug-likeness (QED) is 0.195. The molecule has 0 radical (unpaired) electrons. The largest absolute Gasteiger partial charge is 0.489 e. The van der Waals surface area contributed by atoms with Crippen molar-refractivity contribution in [2.24, 2.45) is 0 Å². The van der Waals surface area contributed by atoms with Gasteiger partial charge in [0, 0.05) is 5.02 Å². The molecule has 0 saturated heterocycles. The lowest BCUT2D eigenvalue weighted by Gasteiger charge is -2.22. The van der Waals surface area contributed by atoms with Crippen molar-refractivity contribution in [1.82, 2.24) is 4.98 Å². The molecular formula is C31H23ClN2O6S. The maximum atomic E-state index is 13.9. The molecule has 10 heteroatoms. The maximum absolute atomic E-state index is 13.9. The number of esters is 1. The third-order valence-electron chi connectivity index (χ3n) is 6.73. The second kappa shape index (κ2) is 10.8. The van der Waals surface area contributed by atoms with Gasteiger partial charge in [-0.05, 0) is 55.3 Å². The van der Waals surface area contributed by atoms with Crippen LogP contribution < -0.4 is 15.1 Å². The second-order valence-electron chi connectivity index (χ2n) is 9.37. The number of carbonyl (C=O) groups excluding carboxylic acids is 2. The molecule has 1 aliphatic heterocycles. The fourth-order valence-electron chi connectivity index (χ4n) is 4.82. The van der Waals surface area contributed by atoms with Crippen LogP contribution in [0.5, 0.6) is 5.75 Å². The fourth-order valence-corrected chi connectivity index (χ4v) is 5.98. The Bertz CT molecular complexity index is 1850. The van der Waals surface area contributed by atoms with Crippen LogP contribution in [0.3, 0.4) is 0 Å². The Balaban J connectivity index is 1.45. The van der Waals surface area contributed by atoms with E-state index in [1.54, 1.807) is 50.2 Å². The summed E-state index contributed by atoms with van der Waals surface area (Å²) in [6.07, 6.45) is 0. The van der Waals surface area contributed by atoms with Crippen LogP contribution in [-0.4, -0.2) is 23.5 Å². The van der Waals surface area contributed by atoms with Gasteiger partial charge in [0.15, 0.2) is 10.6 Å². The standard InChI is InChI=1S/C31H23ClN2O6S/c1-3-38-30(37)28-17(2)33-31(41-28)34-25(19-9-12-21(13-10-19)39-16-18-7-5-4-6-8-18)24-26(35)22-15-20(32)11-14-23(22)40-27(24)29(34)36/h4-15,25H,3,16H2,1-2H3. The number of benzene rings is 3. The Kier molecular flexibility index (Phi) is 7.07. The molecule has 1 atom stereocenters. The number of anilines is 1. The number of ether oxygens (including phenoxy) is 2. The van der Waals surface area contributed by atoms with Gasteiger partial charge in [0.05, 0.1) is 29.3 Å². The van der Waals surface area contributed by atoms with Gasteiger partial charge in [-0.3, -0.25) is 14.5 Å². The Morgan fingerprint density at radius 1 is 1.07 bits per heavy atom. The molecule has 2 aromatic heterocycles. The third kappa shape index (κ3) is 4.87. The van der Waals surface area contributed by atoms with Gasteiger partial charge in [-0.15, -0.1) is 0 Å².